The fraction of sp³-hybridized carbons (Fsp3) is 0.375. The first-order chi connectivity index (χ1) is 8.71. The number of benzene rings is 1. The molecule has 0 N–H and O–H groups in total. The number of rotatable bonds is 3. The highest BCUT2D eigenvalue weighted by Crippen LogP contribution is 2.13. The molecule has 19 heavy (non-hydrogen) atoms. The van der Waals surface area contributed by atoms with Crippen LogP contribution in [0.15, 0.2) is 42.6 Å². The molecule has 0 atom stereocenters. The van der Waals surface area contributed by atoms with Crippen LogP contribution in [0, 0.1) is 0 Å². The van der Waals surface area contributed by atoms with Crippen molar-refractivity contribution < 1.29 is 0 Å². The summed E-state index contributed by atoms with van der Waals surface area (Å²) in [5, 5.41) is 3.06. The summed E-state index contributed by atoms with van der Waals surface area (Å²) in [6, 6.07) is 13.4. The lowest BCUT2D eigenvalue weighted by Gasteiger charge is -2.25. The highest BCUT2D eigenvalue weighted by Gasteiger charge is 2.25. The maximum Gasteiger partial charge on any atom is 0.0990 e. The fourth-order valence-electron chi connectivity index (χ4n) is 2.52. The van der Waals surface area contributed by atoms with Crippen LogP contribution in [0.5, 0.6) is 0 Å². The average molecular weight is 288 g/mol. The highest BCUT2D eigenvalue weighted by atomic mass is 28.3. The van der Waals surface area contributed by atoms with E-state index in [0.717, 1.165) is 0 Å². The molecule has 0 amide bonds. The number of nitrogens with zero attached hydrogens (tertiary/aromatic N) is 1. The molecule has 0 unspecified atom stereocenters. The zero-order chi connectivity index (χ0) is 14.3. The van der Waals surface area contributed by atoms with Gasteiger partial charge in [0.1, 0.15) is 0 Å². The summed E-state index contributed by atoms with van der Waals surface area (Å²) < 4.78 is 2.43. The van der Waals surface area contributed by atoms with Crippen LogP contribution in [-0.4, -0.2) is 20.7 Å². The van der Waals surface area contributed by atoms with Crippen molar-refractivity contribution in [1.82, 2.24) is 4.57 Å². The lowest BCUT2D eigenvalue weighted by Crippen LogP contribution is -2.46. The molecule has 1 aromatic carbocycles. The third kappa shape index (κ3) is 2.92. The van der Waals surface area contributed by atoms with Crippen LogP contribution in [0.3, 0.4) is 0 Å². The van der Waals surface area contributed by atoms with Gasteiger partial charge in [-0.2, -0.15) is 0 Å². The van der Waals surface area contributed by atoms with Gasteiger partial charge in [-0.3, -0.25) is 0 Å². The molecule has 102 valence electrons. The molecule has 0 saturated heterocycles. The second-order valence-corrected chi connectivity index (χ2v) is 17.3. The molecule has 1 heterocycles. The molecule has 0 aliphatic rings. The molecule has 1 aromatic heterocycles. The van der Waals surface area contributed by atoms with Gasteiger partial charge in [-0.1, -0.05) is 57.5 Å². The van der Waals surface area contributed by atoms with Gasteiger partial charge < -0.3 is 4.57 Å². The molecule has 2 rings (SSSR count). The third-order valence-electron chi connectivity index (χ3n) is 3.49. The van der Waals surface area contributed by atoms with Crippen LogP contribution in [0.1, 0.15) is 0 Å². The van der Waals surface area contributed by atoms with Crippen molar-refractivity contribution >= 4 is 26.7 Å². The van der Waals surface area contributed by atoms with E-state index in [4.69, 9.17) is 0 Å². The van der Waals surface area contributed by atoms with Gasteiger partial charge in [0.15, 0.2) is 0 Å². The molecule has 0 radical (unpaired) electrons. The van der Waals surface area contributed by atoms with Crippen LogP contribution in [0.25, 0.3) is 5.69 Å². The minimum absolute atomic E-state index is 1.31. The van der Waals surface area contributed by atoms with Gasteiger partial charge in [0.25, 0.3) is 0 Å². The standard InChI is InChI=1S/C16H25NSi2/c1-18(2,3)15-11-8-7-10-14(15)17-13-9-12-16(17)19(4,5)6/h7-13H,1-6H3. The molecule has 0 fully saturated rings. The van der Waals surface area contributed by atoms with E-state index in [9.17, 15) is 0 Å². The molecule has 0 spiro atoms. The maximum atomic E-state index is 2.43. The Morgan fingerprint density at radius 1 is 0.737 bits per heavy atom. The predicted octanol–water partition coefficient (Wildman–Crippen LogP) is 3.57. The number of aromatic nitrogens is 1. The highest BCUT2D eigenvalue weighted by molar-refractivity contribution is 6.90. The van der Waals surface area contributed by atoms with Crippen molar-refractivity contribution in [3.8, 4) is 5.69 Å². The molecule has 0 saturated carbocycles. The summed E-state index contributed by atoms with van der Waals surface area (Å²) in [5.74, 6) is 0. The van der Waals surface area contributed by atoms with E-state index in [1.54, 1.807) is 5.19 Å². The van der Waals surface area contributed by atoms with Gasteiger partial charge in [-0.15, -0.1) is 0 Å². The Hall–Kier alpha value is -1.07. The van der Waals surface area contributed by atoms with Crippen molar-refractivity contribution in [1.29, 1.82) is 0 Å². The lowest BCUT2D eigenvalue weighted by molar-refractivity contribution is 1.12. The van der Waals surface area contributed by atoms with E-state index in [2.05, 4.69) is 86.4 Å². The summed E-state index contributed by atoms with van der Waals surface area (Å²) in [6.07, 6.45) is 2.23. The molecule has 1 nitrogen and oxygen atoms in total. The molecular weight excluding hydrogens is 262 g/mol. The van der Waals surface area contributed by atoms with Crippen LogP contribution in [0.2, 0.25) is 39.3 Å². The van der Waals surface area contributed by atoms with Gasteiger partial charge in [0.05, 0.1) is 16.1 Å². The monoisotopic (exact) mass is 287 g/mol. The topological polar surface area (TPSA) is 4.93 Å². The van der Waals surface area contributed by atoms with Crippen molar-refractivity contribution in [3.05, 3.63) is 42.6 Å². The number of hydrogen-bond donors (Lipinski definition) is 0. The Labute approximate surface area is 119 Å². The first kappa shape index (κ1) is 14.3. The Balaban J connectivity index is 2.65. The minimum Gasteiger partial charge on any atom is -0.325 e. The third-order valence-corrected chi connectivity index (χ3v) is 7.47. The van der Waals surface area contributed by atoms with Gasteiger partial charge in [0.2, 0.25) is 0 Å². The molecule has 0 bridgehead atoms. The molecule has 0 aliphatic heterocycles. The first-order valence-corrected chi connectivity index (χ1v) is 14.0. The Morgan fingerprint density at radius 3 is 1.95 bits per heavy atom. The lowest BCUT2D eigenvalue weighted by atomic mass is 10.3. The molecule has 0 aliphatic carbocycles. The van der Waals surface area contributed by atoms with Crippen molar-refractivity contribution in [2.45, 2.75) is 39.3 Å². The molecule has 3 heteroatoms. The van der Waals surface area contributed by atoms with E-state index in [-0.39, 0.29) is 0 Å². The van der Waals surface area contributed by atoms with Crippen LogP contribution in [0.4, 0.5) is 0 Å². The summed E-state index contributed by atoms with van der Waals surface area (Å²) in [4.78, 5) is 0. The molecular formula is C16H25NSi2. The zero-order valence-corrected chi connectivity index (χ0v) is 15.0. The minimum atomic E-state index is -1.32. The van der Waals surface area contributed by atoms with Crippen LogP contribution < -0.4 is 10.5 Å². The SMILES string of the molecule is C[Si](C)(C)c1ccccc1-n1cccc1[Si](C)(C)C. The Morgan fingerprint density at radius 2 is 1.37 bits per heavy atom. The summed E-state index contributed by atoms with van der Waals surface area (Å²) in [5.41, 5.74) is 1.39. The summed E-state index contributed by atoms with van der Waals surface area (Å²) in [7, 11) is -2.63. The number of para-hydroxylation sites is 1. The first-order valence-electron chi connectivity index (χ1n) is 6.99. The van der Waals surface area contributed by atoms with Crippen molar-refractivity contribution in [2.75, 3.05) is 0 Å². The van der Waals surface area contributed by atoms with Crippen LogP contribution >= 0.6 is 0 Å². The Bertz CT molecular complexity index is 571. The normalized spacial score (nSPS) is 12.7. The maximum absolute atomic E-state index is 2.43. The van der Waals surface area contributed by atoms with Gasteiger partial charge in [-0.05, 0) is 23.4 Å². The van der Waals surface area contributed by atoms with Gasteiger partial charge in [0, 0.05) is 17.2 Å². The average Bonchev–Trinajstić information content (AvgIpc) is 2.76. The number of hydrogen-bond acceptors (Lipinski definition) is 0. The second kappa shape index (κ2) is 4.80. The fourth-order valence-corrected chi connectivity index (χ4v) is 5.60. The van der Waals surface area contributed by atoms with Crippen molar-refractivity contribution in [2.24, 2.45) is 0 Å². The van der Waals surface area contributed by atoms with E-state index in [1.807, 2.05) is 0 Å². The van der Waals surface area contributed by atoms with E-state index in [1.165, 1.54) is 11.0 Å². The van der Waals surface area contributed by atoms with Crippen LogP contribution in [-0.2, 0) is 0 Å². The van der Waals surface area contributed by atoms with E-state index in [0.29, 0.717) is 0 Å². The zero-order valence-electron chi connectivity index (χ0n) is 13.0. The van der Waals surface area contributed by atoms with E-state index >= 15 is 0 Å². The largest absolute Gasteiger partial charge is 0.325 e. The summed E-state index contributed by atoms with van der Waals surface area (Å²) in [6.45, 7) is 14.5. The quantitative estimate of drug-likeness (QED) is 0.761. The molecule has 2 aromatic rings. The Kier molecular flexibility index (Phi) is 3.62. The second-order valence-electron chi connectivity index (χ2n) is 7.28. The smallest absolute Gasteiger partial charge is 0.0990 e. The predicted molar refractivity (Wildman–Crippen MR) is 91.7 cm³/mol. The van der Waals surface area contributed by atoms with Gasteiger partial charge >= 0.3 is 0 Å². The van der Waals surface area contributed by atoms with Crippen molar-refractivity contribution in [3.63, 3.8) is 0 Å². The van der Waals surface area contributed by atoms with E-state index < -0.39 is 16.1 Å². The van der Waals surface area contributed by atoms with Gasteiger partial charge in [-0.25, -0.2) is 0 Å². The summed E-state index contributed by atoms with van der Waals surface area (Å²) >= 11 is 0.